The van der Waals surface area contributed by atoms with Crippen LogP contribution in [0.25, 0.3) is 0 Å². The maximum Gasteiger partial charge on any atom is 0.374 e. The average Bonchev–Trinajstić information content (AvgIpc) is 3.17. The highest BCUT2D eigenvalue weighted by molar-refractivity contribution is 5.86. The number of likely N-dealkylation sites (tertiary alicyclic amines) is 1. The van der Waals surface area contributed by atoms with Gasteiger partial charge in [-0.3, -0.25) is 4.90 Å². The Kier molecular flexibility index (Phi) is 4.59. The normalized spacial score (nSPS) is 18.5. The van der Waals surface area contributed by atoms with Gasteiger partial charge in [-0.15, -0.1) is 0 Å². The molecule has 2 heterocycles. The van der Waals surface area contributed by atoms with Gasteiger partial charge < -0.3 is 9.15 Å². The van der Waals surface area contributed by atoms with Crippen LogP contribution in [-0.2, 0) is 17.7 Å². The topological polar surface area (TPSA) is 42.7 Å². The molecule has 0 bridgehead atoms. The predicted octanol–water partition coefficient (Wildman–Crippen LogP) is 3.27. The summed E-state index contributed by atoms with van der Waals surface area (Å²) in [6.07, 6.45) is 1.60. The number of furan rings is 1. The van der Waals surface area contributed by atoms with Gasteiger partial charge in [0.25, 0.3) is 0 Å². The van der Waals surface area contributed by atoms with Crippen LogP contribution in [0.3, 0.4) is 0 Å². The van der Waals surface area contributed by atoms with Crippen molar-refractivity contribution in [3.63, 3.8) is 0 Å². The highest BCUT2D eigenvalue weighted by atomic mass is 16.6. The summed E-state index contributed by atoms with van der Waals surface area (Å²) in [6, 6.07) is 13.9. The number of hydrogen-bond donors (Lipinski definition) is 0. The third-order valence-corrected chi connectivity index (χ3v) is 3.96. The molecule has 116 valence electrons. The Hall–Kier alpha value is -2.07. The minimum Gasteiger partial charge on any atom is -0.455 e. The standard InChI is InChI=1S/C18H21NO3/c1-2-15-8-9-17(21-15)18(20)22-16-10-11-19(13-16)12-14-6-4-3-5-7-14/h3-9,16H,2,10-13H2,1H3/t16-/m1/s1. The highest BCUT2D eigenvalue weighted by Gasteiger charge is 2.27. The molecule has 2 aromatic rings. The van der Waals surface area contributed by atoms with Crippen molar-refractivity contribution < 1.29 is 13.9 Å². The van der Waals surface area contributed by atoms with Gasteiger partial charge in [-0.2, -0.15) is 0 Å². The van der Waals surface area contributed by atoms with Gasteiger partial charge >= 0.3 is 5.97 Å². The Morgan fingerprint density at radius 2 is 2.09 bits per heavy atom. The van der Waals surface area contributed by atoms with Gasteiger partial charge in [0.05, 0.1) is 0 Å². The predicted molar refractivity (Wildman–Crippen MR) is 83.6 cm³/mol. The first-order valence-corrected chi connectivity index (χ1v) is 7.80. The van der Waals surface area contributed by atoms with Crippen molar-refractivity contribution in [3.05, 3.63) is 59.5 Å². The van der Waals surface area contributed by atoms with Crippen molar-refractivity contribution in [2.45, 2.75) is 32.4 Å². The van der Waals surface area contributed by atoms with E-state index < -0.39 is 0 Å². The zero-order valence-electron chi connectivity index (χ0n) is 12.8. The number of hydrogen-bond acceptors (Lipinski definition) is 4. The van der Waals surface area contributed by atoms with E-state index in [1.165, 1.54) is 5.56 Å². The summed E-state index contributed by atoms with van der Waals surface area (Å²) in [4.78, 5) is 14.4. The Morgan fingerprint density at radius 3 is 2.82 bits per heavy atom. The van der Waals surface area contributed by atoms with Crippen molar-refractivity contribution in [1.29, 1.82) is 0 Å². The number of aryl methyl sites for hydroxylation is 1. The Balaban J connectivity index is 1.51. The Morgan fingerprint density at radius 1 is 1.27 bits per heavy atom. The lowest BCUT2D eigenvalue weighted by Crippen LogP contribution is -2.24. The Bertz CT molecular complexity index is 620. The molecule has 1 aromatic carbocycles. The average molecular weight is 299 g/mol. The highest BCUT2D eigenvalue weighted by Crippen LogP contribution is 2.18. The van der Waals surface area contributed by atoms with E-state index >= 15 is 0 Å². The molecule has 0 radical (unpaired) electrons. The van der Waals surface area contributed by atoms with Crippen molar-refractivity contribution in [2.24, 2.45) is 0 Å². The molecule has 1 aliphatic heterocycles. The van der Waals surface area contributed by atoms with Gasteiger partial charge in [0.2, 0.25) is 5.76 Å². The molecule has 22 heavy (non-hydrogen) atoms. The second-order valence-corrected chi connectivity index (χ2v) is 5.66. The number of esters is 1. The van der Waals surface area contributed by atoms with E-state index in [0.717, 1.165) is 38.2 Å². The van der Waals surface area contributed by atoms with Crippen LogP contribution in [-0.4, -0.2) is 30.1 Å². The number of benzene rings is 1. The molecule has 0 spiro atoms. The summed E-state index contributed by atoms with van der Waals surface area (Å²) < 4.78 is 11.0. The van der Waals surface area contributed by atoms with E-state index in [-0.39, 0.29) is 12.1 Å². The summed E-state index contributed by atoms with van der Waals surface area (Å²) in [5.41, 5.74) is 1.29. The van der Waals surface area contributed by atoms with E-state index in [2.05, 4.69) is 17.0 Å². The molecule has 4 heteroatoms. The molecule has 0 amide bonds. The monoisotopic (exact) mass is 299 g/mol. The molecular formula is C18H21NO3. The molecular weight excluding hydrogens is 278 g/mol. The molecule has 3 rings (SSSR count). The summed E-state index contributed by atoms with van der Waals surface area (Å²) in [6.45, 7) is 4.62. The fraction of sp³-hybridized carbons (Fsp3) is 0.389. The first kappa shape index (κ1) is 14.9. The van der Waals surface area contributed by atoms with Crippen LogP contribution in [0.4, 0.5) is 0 Å². The maximum atomic E-state index is 12.1. The molecule has 1 saturated heterocycles. The smallest absolute Gasteiger partial charge is 0.374 e. The second-order valence-electron chi connectivity index (χ2n) is 5.66. The van der Waals surface area contributed by atoms with Crippen LogP contribution in [0.5, 0.6) is 0 Å². The maximum absolute atomic E-state index is 12.1. The van der Waals surface area contributed by atoms with Gasteiger partial charge in [0.15, 0.2) is 0 Å². The van der Waals surface area contributed by atoms with E-state index in [0.29, 0.717) is 5.76 Å². The van der Waals surface area contributed by atoms with Gasteiger partial charge in [-0.1, -0.05) is 37.3 Å². The van der Waals surface area contributed by atoms with Crippen molar-refractivity contribution in [3.8, 4) is 0 Å². The van der Waals surface area contributed by atoms with E-state index in [1.807, 2.05) is 31.2 Å². The van der Waals surface area contributed by atoms with Crippen LogP contribution < -0.4 is 0 Å². The number of carbonyl (C=O) groups excluding carboxylic acids is 1. The number of carbonyl (C=O) groups is 1. The summed E-state index contributed by atoms with van der Waals surface area (Å²) in [5, 5.41) is 0. The molecule has 1 atom stereocenters. The molecule has 0 unspecified atom stereocenters. The van der Waals surface area contributed by atoms with Crippen LogP contribution in [0.15, 0.2) is 46.9 Å². The summed E-state index contributed by atoms with van der Waals surface area (Å²) >= 11 is 0. The van der Waals surface area contributed by atoms with Gasteiger partial charge in [-0.05, 0) is 24.1 Å². The largest absolute Gasteiger partial charge is 0.455 e. The third-order valence-electron chi connectivity index (χ3n) is 3.96. The SMILES string of the molecule is CCc1ccc(C(=O)O[C@@H]2CCN(Cc3ccccc3)C2)o1. The molecule has 0 N–H and O–H groups in total. The van der Waals surface area contributed by atoms with Crippen molar-refractivity contribution in [1.82, 2.24) is 4.90 Å². The number of rotatable bonds is 5. The second kappa shape index (κ2) is 6.79. The fourth-order valence-corrected chi connectivity index (χ4v) is 2.77. The minimum atomic E-state index is -0.355. The quantitative estimate of drug-likeness (QED) is 0.795. The molecule has 4 nitrogen and oxygen atoms in total. The zero-order chi connectivity index (χ0) is 15.4. The van der Waals surface area contributed by atoms with Crippen molar-refractivity contribution >= 4 is 5.97 Å². The molecule has 1 fully saturated rings. The van der Waals surface area contributed by atoms with Gasteiger partial charge in [0, 0.05) is 26.1 Å². The van der Waals surface area contributed by atoms with Crippen molar-refractivity contribution in [2.75, 3.05) is 13.1 Å². The third kappa shape index (κ3) is 3.57. The first-order chi connectivity index (χ1) is 10.7. The lowest BCUT2D eigenvalue weighted by Gasteiger charge is -2.16. The summed E-state index contributed by atoms with van der Waals surface area (Å²) in [7, 11) is 0. The van der Waals surface area contributed by atoms with Crippen LogP contribution in [0.2, 0.25) is 0 Å². The zero-order valence-corrected chi connectivity index (χ0v) is 12.8. The van der Waals surface area contributed by atoms with E-state index in [9.17, 15) is 4.79 Å². The summed E-state index contributed by atoms with van der Waals surface area (Å²) in [5.74, 6) is 0.758. The van der Waals surface area contributed by atoms with Crippen LogP contribution in [0.1, 0.15) is 35.2 Å². The van der Waals surface area contributed by atoms with E-state index in [1.54, 1.807) is 6.07 Å². The fourth-order valence-electron chi connectivity index (χ4n) is 2.77. The van der Waals surface area contributed by atoms with Gasteiger partial charge in [-0.25, -0.2) is 4.79 Å². The van der Waals surface area contributed by atoms with Crippen LogP contribution >= 0.6 is 0 Å². The van der Waals surface area contributed by atoms with Gasteiger partial charge in [0.1, 0.15) is 11.9 Å². The lowest BCUT2D eigenvalue weighted by molar-refractivity contribution is 0.0283. The number of nitrogens with zero attached hydrogens (tertiary/aromatic N) is 1. The van der Waals surface area contributed by atoms with Crippen LogP contribution in [0, 0.1) is 0 Å². The van der Waals surface area contributed by atoms with E-state index in [4.69, 9.17) is 9.15 Å². The minimum absolute atomic E-state index is 0.0496. The molecule has 0 saturated carbocycles. The molecule has 1 aromatic heterocycles. The first-order valence-electron chi connectivity index (χ1n) is 7.80. The molecule has 0 aliphatic carbocycles. The Labute approximate surface area is 130 Å². The number of ether oxygens (including phenoxy) is 1. The lowest BCUT2D eigenvalue weighted by atomic mass is 10.2. The molecule has 1 aliphatic rings.